The Bertz CT molecular complexity index is 883. The lowest BCUT2D eigenvalue weighted by Crippen LogP contribution is -2.37. The van der Waals surface area contributed by atoms with Crippen LogP contribution in [0.4, 0.5) is 10.8 Å². The van der Waals surface area contributed by atoms with Gasteiger partial charge in [-0.25, -0.2) is 8.42 Å². The third-order valence-electron chi connectivity index (χ3n) is 3.22. The Kier molecular flexibility index (Phi) is 7.95. The van der Waals surface area contributed by atoms with E-state index in [1.54, 1.807) is 30.0 Å². The number of nitrogens with zero attached hydrogens (tertiary/aromatic N) is 3. The highest BCUT2D eigenvalue weighted by molar-refractivity contribution is 8.01. The Hall–Kier alpha value is -1.30. The van der Waals surface area contributed by atoms with Crippen LogP contribution in [0.15, 0.2) is 33.5 Å². The highest BCUT2D eigenvalue weighted by Gasteiger charge is 2.22. The molecule has 1 heterocycles. The largest absolute Gasteiger partial charge is 0.299 e. The summed E-state index contributed by atoms with van der Waals surface area (Å²) in [4.78, 5) is 13.3. The molecule has 0 aliphatic rings. The van der Waals surface area contributed by atoms with Crippen molar-refractivity contribution in [1.29, 1.82) is 0 Å². The van der Waals surface area contributed by atoms with Crippen LogP contribution in [0.5, 0.6) is 0 Å². The van der Waals surface area contributed by atoms with Gasteiger partial charge in [0.05, 0.1) is 11.9 Å². The van der Waals surface area contributed by atoms with Gasteiger partial charge in [0.1, 0.15) is 6.54 Å². The highest BCUT2D eigenvalue weighted by atomic mass is 32.2. The molecule has 2 aromatic rings. The lowest BCUT2D eigenvalue weighted by atomic mass is 10.3. The SMILES string of the molecule is CSc1cccc(N(CC(=O)Nc2nnc(SCC(C)C)s2)S(C)(=O)=O)c1. The molecule has 0 radical (unpaired) electrons. The van der Waals surface area contributed by atoms with Crippen molar-refractivity contribution >= 4 is 61.6 Å². The second kappa shape index (κ2) is 9.76. The Morgan fingerprint density at radius 1 is 1.33 bits per heavy atom. The Balaban J connectivity index is 2.08. The molecule has 0 unspecified atom stereocenters. The van der Waals surface area contributed by atoms with Crippen LogP contribution in [0.1, 0.15) is 13.8 Å². The molecule has 0 aliphatic carbocycles. The predicted octanol–water partition coefficient (Wildman–Crippen LogP) is 3.41. The maximum absolute atomic E-state index is 12.4. The molecule has 148 valence electrons. The van der Waals surface area contributed by atoms with Crippen LogP contribution in [0, 0.1) is 5.92 Å². The van der Waals surface area contributed by atoms with Gasteiger partial charge in [-0.05, 0) is 30.4 Å². The molecule has 0 bridgehead atoms. The van der Waals surface area contributed by atoms with Crippen molar-refractivity contribution in [3.8, 4) is 0 Å². The Labute approximate surface area is 172 Å². The lowest BCUT2D eigenvalue weighted by Gasteiger charge is -2.22. The van der Waals surface area contributed by atoms with E-state index in [0.29, 0.717) is 16.7 Å². The van der Waals surface area contributed by atoms with Crippen molar-refractivity contribution in [2.24, 2.45) is 5.92 Å². The first-order chi connectivity index (χ1) is 12.7. The number of aromatic nitrogens is 2. The van der Waals surface area contributed by atoms with Crippen LogP contribution in [-0.2, 0) is 14.8 Å². The number of hydrogen-bond donors (Lipinski definition) is 1. The predicted molar refractivity (Wildman–Crippen MR) is 115 cm³/mol. The van der Waals surface area contributed by atoms with Gasteiger partial charge in [-0.15, -0.1) is 22.0 Å². The summed E-state index contributed by atoms with van der Waals surface area (Å²) in [5.41, 5.74) is 0.449. The second-order valence-corrected chi connectivity index (χ2v) is 11.1. The molecular weight excluding hydrogens is 424 g/mol. The number of sulfonamides is 1. The Morgan fingerprint density at radius 2 is 2.07 bits per heavy atom. The van der Waals surface area contributed by atoms with Crippen molar-refractivity contribution in [2.45, 2.75) is 23.1 Å². The second-order valence-electron chi connectivity index (χ2n) is 6.10. The van der Waals surface area contributed by atoms with Crippen molar-refractivity contribution < 1.29 is 13.2 Å². The van der Waals surface area contributed by atoms with Crippen molar-refractivity contribution in [1.82, 2.24) is 10.2 Å². The van der Waals surface area contributed by atoms with Gasteiger partial charge in [0.2, 0.25) is 21.1 Å². The fourth-order valence-electron chi connectivity index (χ4n) is 2.01. The number of nitrogens with one attached hydrogen (secondary N) is 1. The topological polar surface area (TPSA) is 92.3 Å². The molecule has 0 aliphatic heterocycles. The Morgan fingerprint density at radius 3 is 2.70 bits per heavy atom. The molecule has 0 spiro atoms. The van der Waals surface area contributed by atoms with Gasteiger partial charge in [-0.2, -0.15) is 0 Å². The summed E-state index contributed by atoms with van der Waals surface area (Å²) in [5.74, 6) is 0.972. The molecule has 2 rings (SSSR count). The molecule has 0 fully saturated rings. The van der Waals surface area contributed by atoms with Gasteiger partial charge in [-0.1, -0.05) is 43.0 Å². The molecule has 27 heavy (non-hydrogen) atoms. The van der Waals surface area contributed by atoms with E-state index in [-0.39, 0.29) is 6.54 Å². The third-order valence-corrected chi connectivity index (χ3v) is 7.49. The van der Waals surface area contributed by atoms with Gasteiger partial charge in [0.25, 0.3) is 0 Å². The normalized spacial score (nSPS) is 11.6. The minimum absolute atomic E-state index is 0.329. The number of anilines is 2. The molecule has 1 amide bonds. The summed E-state index contributed by atoms with van der Waals surface area (Å²) in [6.07, 6.45) is 2.98. The van der Waals surface area contributed by atoms with E-state index in [2.05, 4.69) is 29.4 Å². The summed E-state index contributed by atoms with van der Waals surface area (Å²) < 4.78 is 26.2. The van der Waals surface area contributed by atoms with Crippen LogP contribution in [0.25, 0.3) is 0 Å². The average Bonchev–Trinajstić information content (AvgIpc) is 3.04. The van der Waals surface area contributed by atoms with E-state index < -0.39 is 15.9 Å². The lowest BCUT2D eigenvalue weighted by molar-refractivity contribution is -0.114. The van der Waals surface area contributed by atoms with E-state index in [1.807, 2.05) is 12.3 Å². The van der Waals surface area contributed by atoms with Crippen LogP contribution in [0.2, 0.25) is 0 Å². The minimum atomic E-state index is -3.62. The number of thioether (sulfide) groups is 2. The summed E-state index contributed by atoms with van der Waals surface area (Å²) in [5, 5.41) is 11.0. The molecule has 0 atom stereocenters. The molecule has 1 aromatic heterocycles. The van der Waals surface area contributed by atoms with E-state index >= 15 is 0 Å². The summed E-state index contributed by atoms with van der Waals surface area (Å²) >= 11 is 4.36. The molecule has 0 saturated heterocycles. The number of hydrogen-bond acceptors (Lipinski definition) is 8. The van der Waals surface area contributed by atoms with Crippen LogP contribution in [-0.4, -0.2) is 49.3 Å². The zero-order valence-electron chi connectivity index (χ0n) is 15.5. The summed E-state index contributed by atoms with van der Waals surface area (Å²) in [6, 6.07) is 7.05. The highest BCUT2D eigenvalue weighted by Crippen LogP contribution is 2.27. The molecule has 1 N–H and O–H groups in total. The van der Waals surface area contributed by atoms with Gasteiger partial charge < -0.3 is 0 Å². The van der Waals surface area contributed by atoms with E-state index in [9.17, 15) is 13.2 Å². The molecule has 1 aromatic carbocycles. The monoisotopic (exact) mass is 446 g/mol. The molecule has 0 saturated carbocycles. The molecule has 11 heteroatoms. The third kappa shape index (κ3) is 6.98. The van der Waals surface area contributed by atoms with E-state index in [1.165, 1.54) is 23.1 Å². The fraction of sp³-hybridized carbons (Fsp3) is 0.438. The van der Waals surface area contributed by atoms with E-state index in [0.717, 1.165) is 25.5 Å². The first kappa shape index (κ1) is 22.0. The standard InChI is InChI=1S/C16H22N4O3S4/c1-11(2)10-25-16-19-18-15(26-16)17-14(21)9-20(27(4,22)23)12-6-5-7-13(8-12)24-3/h5-8,11H,9-10H2,1-4H3,(H,17,18,21). The van der Waals surface area contributed by atoms with Crippen LogP contribution in [0.3, 0.4) is 0 Å². The van der Waals surface area contributed by atoms with Crippen LogP contribution < -0.4 is 9.62 Å². The van der Waals surface area contributed by atoms with Crippen molar-refractivity contribution in [3.05, 3.63) is 24.3 Å². The fourth-order valence-corrected chi connectivity index (χ4v) is 5.06. The minimum Gasteiger partial charge on any atom is -0.299 e. The van der Waals surface area contributed by atoms with Gasteiger partial charge in [0.15, 0.2) is 4.34 Å². The number of carbonyl (C=O) groups is 1. The first-order valence-corrected chi connectivity index (χ1v) is 12.9. The zero-order valence-corrected chi connectivity index (χ0v) is 18.8. The number of amides is 1. The molecule has 7 nitrogen and oxygen atoms in total. The number of benzene rings is 1. The maximum atomic E-state index is 12.4. The van der Waals surface area contributed by atoms with Gasteiger partial charge in [-0.3, -0.25) is 14.4 Å². The van der Waals surface area contributed by atoms with E-state index in [4.69, 9.17) is 0 Å². The van der Waals surface area contributed by atoms with Crippen molar-refractivity contribution in [2.75, 3.05) is 34.4 Å². The zero-order chi connectivity index (χ0) is 20.0. The molecular formula is C16H22N4O3S4. The average molecular weight is 447 g/mol. The quantitative estimate of drug-likeness (QED) is 0.466. The van der Waals surface area contributed by atoms with Gasteiger partial charge in [0, 0.05) is 10.6 Å². The smallest absolute Gasteiger partial charge is 0.246 e. The van der Waals surface area contributed by atoms with Crippen molar-refractivity contribution in [3.63, 3.8) is 0 Å². The summed E-state index contributed by atoms with van der Waals surface area (Å²) in [6.45, 7) is 3.90. The van der Waals surface area contributed by atoms with Crippen LogP contribution >= 0.6 is 34.9 Å². The van der Waals surface area contributed by atoms with Gasteiger partial charge >= 0.3 is 0 Å². The first-order valence-electron chi connectivity index (χ1n) is 8.07. The number of carbonyl (C=O) groups excluding carboxylic acids is 1. The maximum Gasteiger partial charge on any atom is 0.246 e. The number of rotatable bonds is 9. The summed E-state index contributed by atoms with van der Waals surface area (Å²) in [7, 11) is -3.62.